The number of benzene rings is 1. The minimum atomic E-state index is 0.0502. The van der Waals surface area contributed by atoms with E-state index in [2.05, 4.69) is 46.8 Å². The van der Waals surface area contributed by atoms with E-state index >= 15 is 0 Å². The van der Waals surface area contributed by atoms with Gasteiger partial charge in [0.05, 0.1) is 0 Å². The van der Waals surface area contributed by atoms with Gasteiger partial charge < -0.3 is 0 Å². The first-order valence-corrected chi connectivity index (χ1v) is 12.8. The molecule has 0 bridgehead atoms. The van der Waals surface area contributed by atoms with E-state index in [1.54, 1.807) is 22.0 Å². The van der Waals surface area contributed by atoms with Crippen molar-refractivity contribution in [2.24, 2.45) is 0 Å². The highest BCUT2D eigenvalue weighted by Crippen LogP contribution is 2.39. The van der Waals surface area contributed by atoms with Crippen molar-refractivity contribution in [3.05, 3.63) is 28.8 Å². The normalized spacial score (nSPS) is 11.4. The minimum Gasteiger partial charge on any atom is -0.0750 e. The van der Waals surface area contributed by atoms with Crippen LogP contribution in [0.25, 0.3) is 0 Å². The van der Waals surface area contributed by atoms with Gasteiger partial charge in [0, 0.05) is 0 Å². The molecule has 0 saturated carbocycles. The van der Waals surface area contributed by atoms with E-state index in [-0.39, 0.29) is 7.92 Å². The van der Waals surface area contributed by atoms with Crippen LogP contribution in [0, 0.1) is 0 Å². The second kappa shape index (κ2) is 13.8. The maximum Gasteiger partial charge on any atom is -0.0206 e. The Balaban J connectivity index is 3.32. The van der Waals surface area contributed by atoms with Gasteiger partial charge in [-0.15, -0.1) is 0 Å². The third kappa shape index (κ3) is 7.42. The van der Waals surface area contributed by atoms with Crippen LogP contribution in [0.2, 0.25) is 0 Å². The van der Waals surface area contributed by atoms with Crippen molar-refractivity contribution in [2.45, 2.75) is 105 Å². The van der Waals surface area contributed by atoms with Crippen LogP contribution in [0.4, 0.5) is 0 Å². The first-order valence-electron chi connectivity index (χ1n) is 11.1. The van der Waals surface area contributed by atoms with Gasteiger partial charge in [-0.2, -0.15) is 0 Å². The summed E-state index contributed by atoms with van der Waals surface area (Å²) < 4.78 is 0. The van der Waals surface area contributed by atoms with Gasteiger partial charge in [0.25, 0.3) is 0 Å². The molecule has 0 heterocycles. The molecule has 1 aromatic rings. The molecule has 0 radical (unpaired) electrons. The summed E-state index contributed by atoms with van der Waals surface area (Å²) in [5, 5.41) is 1.78. The molecule has 0 aromatic heterocycles. The third-order valence-electron chi connectivity index (χ3n) is 5.19. The molecule has 0 nitrogen and oxygen atoms in total. The number of rotatable bonds is 14. The van der Waals surface area contributed by atoms with Crippen LogP contribution >= 0.6 is 7.92 Å². The zero-order chi connectivity index (χ0) is 18.5. The summed E-state index contributed by atoms with van der Waals surface area (Å²) in [6, 6.07) is 5.08. The highest BCUT2D eigenvalue weighted by atomic mass is 31.1. The van der Waals surface area contributed by atoms with Crippen LogP contribution in [0.5, 0.6) is 0 Å². The molecule has 0 atom stereocenters. The molecule has 0 spiro atoms. The van der Waals surface area contributed by atoms with Gasteiger partial charge in [0.15, 0.2) is 0 Å². The van der Waals surface area contributed by atoms with Crippen LogP contribution in [-0.2, 0) is 19.3 Å². The van der Waals surface area contributed by atoms with Gasteiger partial charge in [-0.25, -0.2) is 0 Å². The molecule has 0 aliphatic rings. The van der Waals surface area contributed by atoms with E-state index < -0.39 is 0 Å². The second-order valence-corrected chi connectivity index (χ2v) is 9.95. The van der Waals surface area contributed by atoms with E-state index in [0.29, 0.717) is 0 Å². The predicted molar refractivity (Wildman–Crippen MR) is 119 cm³/mol. The molecule has 0 unspecified atom stereocenters. The number of hydrogen-bond donors (Lipinski definition) is 0. The standard InChI is InChI=1S/C24H43P/c1-6-11-14-21-17-18-24(25(19-9-4)20-10-5)23(16-13-8-3)22(21)15-12-7-2/h17-18H,6-16,19-20H2,1-5H3. The monoisotopic (exact) mass is 362 g/mol. The Morgan fingerprint density at radius 2 is 1.12 bits per heavy atom. The molecule has 0 aliphatic carbocycles. The number of hydrogen-bond acceptors (Lipinski definition) is 0. The summed E-state index contributed by atoms with van der Waals surface area (Å²) in [6.07, 6.45) is 17.4. The minimum absolute atomic E-state index is 0.0502. The SMILES string of the molecule is CCCCc1ccc(P(CCC)CCC)c(CCCC)c1CCCC. The Labute approximate surface area is 160 Å². The summed E-state index contributed by atoms with van der Waals surface area (Å²) in [6.45, 7) is 11.7. The first kappa shape index (κ1) is 22.7. The summed E-state index contributed by atoms with van der Waals surface area (Å²) in [7, 11) is 0.0502. The molecule has 0 fully saturated rings. The molecule has 25 heavy (non-hydrogen) atoms. The molecule has 144 valence electrons. The van der Waals surface area contributed by atoms with Gasteiger partial charge in [0.2, 0.25) is 0 Å². The van der Waals surface area contributed by atoms with Crippen LogP contribution in [0.1, 0.15) is 103 Å². The average molecular weight is 363 g/mol. The lowest BCUT2D eigenvalue weighted by Gasteiger charge is -2.25. The molecule has 1 aromatic carbocycles. The highest BCUT2D eigenvalue weighted by molar-refractivity contribution is 7.65. The van der Waals surface area contributed by atoms with Crippen LogP contribution in [0.3, 0.4) is 0 Å². The van der Waals surface area contributed by atoms with Gasteiger partial charge in [-0.1, -0.05) is 86.8 Å². The summed E-state index contributed by atoms with van der Waals surface area (Å²) in [5.74, 6) is 0. The van der Waals surface area contributed by atoms with E-state index in [1.165, 1.54) is 83.0 Å². The van der Waals surface area contributed by atoms with Crippen LogP contribution in [0.15, 0.2) is 12.1 Å². The Morgan fingerprint density at radius 3 is 1.64 bits per heavy atom. The Hall–Kier alpha value is -0.350. The molecular formula is C24H43P. The first-order chi connectivity index (χ1) is 12.2. The second-order valence-electron chi connectivity index (χ2n) is 7.50. The predicted octanol–water partition coefficient (Wildman–Crippen LogP) is 7.64. The lowest BCUT2D eigenvalue weighted by atomic mass is 9.91. The fraction of sp³-hybridized carbons (Fsp3) is 0.750. The van der Waals surface area contributed by atoms with Crippen LogP contribution < -0.4 is 5.30 Å². The maximum absolute atomic E-state index is 2.56. The molecule has 0 aliphatic heterocycles. The Bertz CT molecular complexity index is 457. The van der Waals surface area contributed by atoms with Crippen molar-refractivity contribution in [1.29, 1.82) is 0 Å². The van der Waals surface area contributed by atoms with Crippen molar-refractivity contribution in [1.82, 2.24) is 0 Å². The summed E-state index contributed by atoms with van der Waals surface area (Å²) in [4.78, 5) is 0. The number of unbranched alkanes of at least 4 members (excludes halogenated alkanes) is 3. The number of aryl methyl sites for hydroxylation is 1. The zero-order valence-corrected chi connectivity index (χ0v) is 18.7. The van der Waals surface area contributed by atoms with Crippen molar-refractivity contribution in [3.63, 3.8) is 0 Å². The van der Waals surface area contributed by atoms with E-state index in [1.807, 2.05) is 0 Å². The quantitative estimate of drug-likeness (QED) is 0.298. The third-order valence-corrected chi connectivity index (χ3v) is 8.27. The van der Waals surface area contributed by atoms with Crippen molar-refractivity contribution in [2.75, 3.05) is 12.3 Å². The molecule has 0 N–H and O–H groups in total. The smallest absolute Gasteiger partial charge is 0.0206 e. The average Bonchev–Trinajstić information content (AvgIpc) is 2.63. The summed E-state index contributed by atoms with van der Waals surface area (Å²) >= 11 is 0. The van der Waals surface area contributed by atoms with E-state index in [0.717, 1.165) is 0 Å². The van der Waals surface area contributed by atoms with Gasteiger partial charge >= 0.3 is 0 Å². The lowest BCUT2D eigenvalue weighted by molar-refractivity contribution is 0.737. The lowest BCUT2D eigenvalue weighted by Crippen LogP contribution is -2.17. The molecular weight excluding hydrogens is 319 g/mol. The fourth-order valence-electron chi connectivity index (χ4n) is 3.82. The van der Waals surface area contributed by atoms with Crippen molar-refractivity contribution in [3.8, 4) is 0 Å². The highest BCUT2D eigenvalue weighted by Gasteiger charge is 2.18. The van der Waals surface area contributed by atoms with Gasteiger partial charge in [-0.3, -0.25) is 0 Å². The van der Waals surface area contributed by atoms with Crippen molar-refractivity contribution >= 4 is 13.2 Å². The molecule has 1 rings (SSSR count). The molecule has 1 heteroatoms. The Morgan fingerprint density at radius 1 is 0.600 bits per heavy atom. The summed E-state index contributed by atoms with van der Waals surface area (Å²) in [5.41, 5.74) is 5.23. The van der Waals surface area contributed by atoms with Gasteiger partial charge in [0.1, 0.15) is 0 Å². The maximum atomic E-state index is 2.56. The van der Waals surface area contributed by atoms with E-state index in [4.69, 9.17) is 0 Å². The molecule has 0 saturated heterocycles. The van der Waals surface area contributed by atoms with Crippen LogP contribution in [-0.4, -0.2) is 12.3 Å². The fourth-order valence-corrected chi connectivity index (χ4v) is 6.52. The molecule has 0 amide bonds. The topological polar surface area (TPSA) is 0 Å². The Kier molecular flexibility index (Phi) is 12.5. The van der Waals surface area contributed by atoms with Crippen molar-refractivity contribution < 1.29 is 0 Å². The largest absolute Gasteiger partial charge is 0.0750 e. The zero-order valence-electron chi connectivity index (χ0n) is 17.8. The van der Waals surface area contributed by atoms with Gasteiger partial charge in [-0.05, 0) is 72.8 Å². The van der Waals surface area contributed by atoms with E-state index in [9.17, 15) is 0 Å².